The van der Waals surface area contributed by atoms with E-state index in [1.807, 2.05) is 6.08 Å². The first-order valence-corrected chi connectivity index (χ1v) is 4.80. The van der Waals surface area contributed by atoms with Gasteiger partial charge in [0.15, 0.2) is 0 Å². The van der Waals surface area contributed by atoms with Crippen molar-refractivity contribution < 1.29 is 19.4 Å². The number of allylic oxidation sites excluding steroid dienone is 1. The fourth-order valence-electron chi connectivity index (χ4n) is 2.40. The van der Waals surface area contributed by atoms with Gasteiger partial charge in [-0.3, -0.25) is 0 Å². The van der Waals surface area contributed by atoms with E-state index in [1.54, 1.807) is 7.11 Å². The minimum atomic E-state index is -1.22. The summed E-state index contributed by atoms with van der Waals surface area (Å²) in [6.07, 6.45) is 5.16. The van der Waals surface area contributed by atoms with Gasteiger partial charge < -0.3 is 14.6 Å². The van der Waals surface area contributed by atoms with E-state index in [0.29, 0.717) is 5.92 Å². The fourth-order valence-corrected chi connectivity index (χ4v) is 2.40. The van der Waals surface area contributed by atoms with Gasteiger partial charge in [-0.25, -0.2) is 4.79 Å². The molecule has 1 N–H and O–H groups in total. The standard InChI is InChI=1S/C10H14O4/c1-13-10-4-2-7(3-5-10)6-8(10)14-9(11)12/h2,4,7-8H,3,5-6H2,1H3,(H,11,12). The van der Waals surface area contributed by atoms with Crippen molar-refractivity contribution in [1.29, 1.82) is 0 Å². The van der Waals surface area contributed by atoms with Gasteiger partial charge in [0, 0.05) is 7.11 Å². The van der Waals surface area contributed by atoms with Crippen molar-refractivity contribution in [2.45, 2.75) is 31.0 Å². The normalized spacial score (nSPS) is 39.8. The molecule has 14 heavy (non-hydrogen) atoms. The van der Waals surface area contributed by atoms with Crippen molar-refractivity contribution >= 4 is 6.16 Å². The molecule has 3 aliphatic carbocycles. The molecule has 0 aromatic carbocycles. The van der Waals surface area contributed by atoms with E-state index in [4.69, 9.17) is 14.6 Å². The van der Waals surface area contributed by atoms with Gasteiger partial charge in [-0.05, 0) is 25.2 Å². The summed E-state index contributed by atoms with van der Waals surface area (Å²) < 4.78 is 10.3. The molecule has 4 nitrogen and oxygen atoms in total. The first-order valence-electron chi connectivity index (χ1n) is 4.80. The van der Waals surface area contributed by atoms with E-state index in [2.05, 4.69) is 6.08 Å². The summed E-state index contributed by atoms with van der Waals surface area (Å²) in [4.78, 5) is 10.5. The second kappa shape index (κ2) is 3.28. The predicted molar refractivity (Wildman–Crippen MR) is 49.1 cm³/mol. The van der Waals surface area contributed by atoms with Crippen LogP contribution in [0.3, 0.4) is 0 Å². The van der Waals surface area contributed by atoms with Crippen molar-refractivity contribution in [3.05, 3.63) is 12.2 Å². The van der Waals surface area contributed by atoms with E-state index in [0.717, 1.165) is 19.3 Å². The smallest absolute Gasteiger partial charge is 0.450 e. The highest BCUT2D eigenvalue weighted by Gasteiger charge is 2.47. The topological polar surface area (TPSA) is 55.8 Å². The number of ether oxygens (including phenoxy) is 2. The second-order valence-electron chi connectivity index (χ2n) is 3.93. The lowest BCUT2D eigenvalue weighted by atomic mass is 9.71. The molecule has 3 rings (SSSR count). The first kappa shape index (κ1) is 9.52. The zero-order valence-electron chi connectivity index (χ0n) is 8.10. The summed E-state index contributed by atoms with van der Waals surface area (Å²) >= 11 is 0. The molecule has 0 radical (unpaired) electrons. The molecule has 0 aromatic rings. The van der Waals surface area contributed by atoms with Crippen LogP contribution in [0, 0.1) is 5.92 Å². The third kappa shape index (κ3) is 1.39. The average Bonchev–Trinajstić information content (AvgIpc) is 2.19. The average molecular weight is 198 g/mol. The third-order valence-electron chi connectivity index (χ3n) is 3.24. The minimum Gasteiger partial charge on any atom is -0.450 e. The maximum atomic E-state index is 10.5. The Balaban J connectivity index is 2.18. The SMILES string of the molecule is COC12C=CC(CC1)CC2OC(=O)O. The molecule has 2 bridgehead atoms. The van der Waals surface area contributed by atoms with Crippen molar-refractivity contribution in [3.8, 4) is 0 Å². The molecule has 1 fully saturated rings. The van der Waals surface area contributed by atoms with Gasteiger partial charge >= 0.3 is 6.16 Å². The molecule has 78 valence electrons. The predicted octanol–water partition coefficient (Wildman–Crippen LogP) is 1.80. The van der Waals surface area contributed by atoms with E-state index in [1.165, 1.54) is 0 Å². The van der Waals surface area contributed by atoms with Crippen LogP contribution >= 0.6 is 0 Å². The van der Waals surface area contributed by atoms with Crippen molar-refractivity contribution in [2.24, 2.45) is 5.92 Å². The van der Waals surface area contributed by atoms with Crippen LogP contribution in [-0.2, 0) is 9.47 Å². The molecule has 4 heteroatoms. The van der Waals surface area contributed by atoms with Crippen LogP contribution in [0.5, 0.6) is 0 Å². The quantitative estimate of drug-likeness (QED) is 0.543. The van der Waals surface area contributed by atoms with Gasteiger partial charge in [0.25, 0.3) is 0 Å². The Morgan fingerprint density at radius 3 is 2.93 bits per heavy atom. The lowest BCUT2D eigenvalue weighted by Crippen LogP contribution is -2.51. The molecule has 0 aromatic heterocycles. The number of hydrogen-bond acceptors (Lipinski definition) is 3. The molecule has 0 aliphatic heterocycles. The lowest BCUT2D eigenvalue weighted by molar-refractivity contribution is -0.118. The maximum Gasteiger partial charge on any atom is 0.506 e. The highest BCUT2D eigenvalue weighted by atomic mass is 16.7. The van der Waals surface area contributed by atoms with Crippen LogP contribution in [0.25, 0.3) is 0 Å². The largest absolute Gasteiger partial charge is 0.506 e. The number of methoxy groups -OCH3 is 1. The van der Waals surface area contributed by atoms with Gasteiger partial charge in [0.2, 0.25) is 0 Å². The Labute approximate surface area is 82.5 Å². The summed E-state index contributed by atoms with van der Waals surface area (Å²) in [5.74, 6) is 0.455. The Hall–Kier alpha value is -1.03. The number of rotatable bonds is 2. The van der Waals surface area contributed by atoms with Crippen LogP contribution in [0.4, 0.5) is 4.79 Å². The number of carboxylic acid groups (broad SMARTS) is 1. The van der Waals surface area contributed by atoms with Crippen LogP contribution in [0.15, 0.2) is 12.2 Å². The molecule has 0 amide bonds. The summed E-state index contributed by atoms with van der Waals surface area (Å²) in [5.41, 5.74) is -0.507. The third-order valence-corrected chi connectivity index (χ3v) is 3.24. The number of carbonyl (C=O) groups is 1. The molecule has 3 aliphatic rings. The monoisotopic (exact) mass is 198 g/mol. The molecule has 3 unspecified atom stereocenters. The Bertz CT molecular complexity index is 273. The van der Waals surface area contributed by atoms with Gasteiger partial charge in [-0.2, -0.15) is 0 Å². The highest BCUT2D eigenvalue weighted by Crippen LogP contribution is 2.42. The molecule has 0 spiro atoms. The maximum absolute atomic E-state index is 10.5. The fraction of sp³-hybridized carbons (Fsp3) is 0.700. The van der Waals surface area contributed by atoms with E-state index >= 15 is 0 Å². The van der Waals surface area contributed by atoms with E-state index in [-0.39, 0.29) is 6.10 Å². The molecule has 3 atom stereocenters. The van der Waals surface area contributed by atoms with Crippen LogP contribution in [0.2, 0.25) is 0 Å². The molecular formula is C10H14O4. The molecule has 0 heterocycles. The highest BCUT2D eigenvalue weighted by molar-refractivity contribution is 5.57. The molecule has 1 saturated carbocycles. The molecule has 0 saturated heterocycles. The summed E-state index contributed by atoms with van der Waals surface area (Å²) in [6.45, 7) is 0. The van der Waals surface area contributed by atoms with Crippen molar-refractivity contribution in [3.63, 3.8) is 0 Å². The number of hydrogen-bond donors (Lipinski definition) is 1. The Morgan fingerprint density at radius 2 is 2.43 bits per heavy atom. The van der Waals surface area contributed by atoms with Crippen molar-refractivity contribution in [2.75, 3.05) is 7.11 Å². The number of fused-ring (bicyclic) bond motifs is 2. The van der Waals surface area contributed by atoms with E-state index in [9.17, 15) is 4.79 Å². The lowest BCUT2D eigenvalue weighted by Gasteiger charge is -2.45. The van der Waals surface area contributed by atoms with Gasteiger partial charge in [-0.1, -0.05) is 12.2 Å². The van der Waals surface area contributed by atoms with E-state index < -0.39 is 11.8 Å². The zero-order chi connectivity index (χ0) is 10.2. The Morgan fingerprint density at radius 1 is 1.64 bits per heavy atom. The minimum absolute atomic E-state index is 0.339. The zero-order valence-corrected chi connectivity index (χ0v) is 8.10. The van der Waals surface area contributed by atoms with Crippen LogP contribution in [0.1, 0.15) is 19.3 Å². The second-order valence-corrected chi connectivity index (χ2v) is 3.93. The summed E-state index contributed by atoms with van der Waals surface area (Å²) in [7, 11) is 1.61. The van der Waals surface area contributed by atoms with Crippen molar-refractivity contribution in [1.82, 2.24) is 0 Å². The first-order chi connectivity index (χ1) is 6.66. The van der Waals surface area contributed by atoms with Gasteiger partial charge in [-0.15, -0.1) is 0 Å². The Kier molecular flexibility index (Phi) is 2.23. The van der Waals surface area contributed by atoms with Crippen LogP contribution < -0.4 is 0 Å². The van der Waals surface area contributed by atoms with Gasteiger partial charge in [0.1, 0.15) is 11.7 Å². The summed E-state index contributed by atoms with van der Waals surface area (Å²) in [6, 6.07) is 0. The van der Waals surface area contributed by atoms with Crippen LogP contribution in [-0.4, -0.2) is 30.1 Å². The van der Waals surface area contributed by atoms with Gasteiger partial charge in [0.05, 0.1) is 0 Å². The molecular weight excluding hydrogens is 184 g/mol. The summed E-state index contributed by atoms with van der Waals surface area (Å²) in [5, 5.41) is 8.60.